The van der Waals surface area contributed by atoms with Crippen LogP contribution in [-0.2, 0) is 51.7 Å². The normalized spacial score (nSPS) is 42.6. The number of halogens is 3. The van der Waals surface area contributed by atoms with Crippen molar-refractivity contribution in [1.29, 1.82) is 0 Å². The molecule has 1 N–H and O–H groups in total. The van der Waals surface area contributed by atoms with Crippen molar-refractivity contribution in [2.24, 2.45) is 0 Å². The molecule has 10 aliphatic rings. The van der Waals surface area contributed by atoms with Gasteiger partial charge in [-0.1, -0.05) is 135 Å². The quantitative estimate of drug-likeness (QED) is 0.242. The molecule has 373 valence electrons. The molecule has 66 heavy (non-hydrogen) atoms. The van der Waals surface area contributed by atoms with Gasteiger partial charge >= 0.3 is 110 Å². The molecule has 0 aromatic rings. The Morgan fingerprint density at radius 2 is 0.485 bits per heavy atom. The van der Waals surface area contributed by atoms with Crippen LogP contribution in [0.15, 0.2) is 0 Å². The van der Waals surface area contributed by atoms with E-state index in [0.717, 1.165) is 199 Å². The van der Waals surface area contributed by atoms with Gasteiger partial charge in [-0.2, -0.15) is 0 Å². The van der Waals surface area contributed by atoms with Crippen molar-refractivity contribution in [2.75, 3.05) is 0 Å². The molecule has 0 amide bonds. The van der Waals surface area contributed by atoms with Gasteiger partial charge in [-0.05, 0) is 101 Å². The minimum absolute atomic E-state index is 0. The van der Waals surface area contributed by atoms with E-state index in [-0.39, 0.29) is 61.8 Å². The molecule has 10 fully saturated rings. The smallest absolute Gasteiger partial charge is 0.817 e. The van der Waals surface area contributed by atoms with Crippen molar-refractivity contribution in [2.45, 2.75) is 264 Å². The number of hydrogen-bond donors (Lipinski definition) is 1. The first-order valence-corrected chi connectivity index (χ1v) is 45.7. The molecule has 4 bridgehead atoms. The summed E-state index contributed by atoms with van der Waals surface area (Å²) >= 11 is -1.92. The Kier molecular flexibility index (Phi) is 20.4. The fourth-order valence-corrected chi connectivity index (χ4v) is 56.1. The van der Waals surface area contributed by atoms with Crippen LogP contribution in [0.3, 0.4) is 0 Å². The Morgan fingerprint density at radius 3 is 0.727 bits per heavy atom. The van der Waals surface area contributed by atoms with Crippen LogP contribution in [-0.4, -0.2) is 89.5 Å². The second-order valence-corrected chi connectivity index (χ2v) is 51.0. The zero-order valence-electron chi connectivity index (χ0n) is 39.6. The molecule has 7 saturated carbocycles. The summed E-state index contributed by atoms with van der Waals surface area (Å²) in [5.74, 6) is 0. The van der Waals surface area contributed by atoms with E-state index in [1.54, 1.807) is 0 Å². The topological polar surface area (TPSA) is 149 Å². The van der Waals surface area contributed by atoms with Crippen molar-refractivity contribution in [3.05, 3.63) is 0 Å². The zero-order valence-corrected chi connectivity index (χ0v) is 51.8. The molecular weight excluding hydrogens is 1070 g/mol. The summed E-state index contributed by atoms with van der Waals surface area (Å²) in [6.07, 6.45) is 32.0. The van der Waals surface area contributed by atoms with Crippen LogP contribution in [0.2, 0.25) is 38.8 Å². The van der Waals surface area contributed by atoms with Crippen molar-refractivity contribution in [1.82, 2.24) is 0 Å². The molecule has 7 aliphatic carbocycles. The minimum atomic E-state index is -4.66. The maximum atomic E-state index is 16.9. The average Bonchev–Trinajstić information content (AvgIpc) is 3.32. The Morgan fingerprint density at radius 1 is 0.303 bits per heavy atom. The van der Waals surface area contributed by atoms with Gasteiger partial charge in [-0.3, -0.25) is 0 Å². The van der Waals surface area contributed by atoms with Gasteiger partial charge in [0.1, 0.15) is 0 Å². The molecule has 0 aromatic carbocycles. The maximum Gasteiger partial charge on any atom is 2.00 e. The van der Waals surface area contributed by atoms with E-state index in [0.29, 0.717) is 25.7 Å². The summed E-state index contributed by atoms with van der Waals surface area (Å²) in [6.45, 7) is 0. The van der Waals surface area contributed by atoms with E-state index in [1.165, 1.54) is 0 Å². The number of rotatable bonds is 7. The third kappa shape index (κ3) is 12.3. The molecule has 4 unspecified atom stereocenters. The molecule has 3 heterocycles. The molecule has 24 heteroatoms. The summed E-state index contributed by atoms with van der Waals surface area (Å²) in [5.41, 5.74) is -1.77. The third-order valence-electron chi connectivity index (χ3n) is 17.3. The second-order valence-electron chi connectivity index (χ2n) is 21.7. The molecule has 0 spiro atoms. The predicted molar refractivity (Wildman–Crippen MR) is 263 cm³/mol. The van der Waals surface area contributed by atoms with Gasteiger partial charge < -0.3 is 51.4 Å². The first-order valence-electron chi connectivity index (χ1n) is 26.6. The summed E-state index contributed by atoms with van der Waals surface area (Å²) in [6, 6.07) is 0. The van der Waals surface area contributed by atoms with E-state index in [9.17, 15) is 4.80 Å². The van der Waals surface area contributed by atoms with Crippen LogP contribution in [0.1, 0.15) is 225 Å². The monoisotopic (exact) mass is 1150 g/mol. The van der Waals surface area contributed by atoms with E-state index in [4.69, 9.17) is 65.0 Å². The van der Waals surface area contributed by atoms with E-state index in [2.05, 4.69) is 0 Å². The number of fused-ring (bicyclic) bond motifs is 3. The van der Waals surface area contributed by atoms with Gasteiger partial charge in [0.15, 0.2) is 0 Å². The molecule has 3 aliphatic heterocycles. The average molecular weight is 1150 g/mol. The standard InChI is InChI=1S/C42H78O12Si7.3ClH.Mg.Ti/c43-55(36-22-8-1-9-23-36)46-58(39-28-14-4-15-29-39)48-56(44,37-24-10-2-11-25-37)50-60(41-32-18-6-19-33-41)51-57(45,38-26-12-3-13-27-38)49-59(47-55,40-30-16-5-17-31-40)53-61(52-58,54-60)42-34-20-7-21-35-42;;;;;/h36-43H,1-35H2;3*1H;;/q-2;;;;+2;+3/p-3. The fraction of sp³-hybridized carbons (Fsp3) is 1.00. The molecule has 0 aromatic heterocycles. The van der Waals surface area contributed by atoms with Crippen molar-refractivity contribution >= 4 is 113 Å². The van der Waals surface area contributed by atoms with E-state index < -0.39 is 76.3 Å². The number of hydrogen-bond acceptors (Lipinski definition) is 12. The largest absolute Gasteiger partial charge is 2.00 e. The third-order valence-corrected chi connectivity index (χ3v) is 48.9. The van der Waals surface area contributed by atoms with Gasteiger partial charge in [0.25, 0.3) is 0 Å². The van der Waals surface area contributed by atoms with Gasteiger partial charge in [0.2, 0.25) is 17.6 Å². The summed E-state index contributed by atoms with van der Waals surface area (Å²) < 4.78 is 71.0. The first kappa shape index (κ1) is 55.6. The Labute approximate surface area is 438 Å². The molecule has 4 atom stereocenters. The van der Waals surface area contributed by atoms with Crippen LogP contribution < -0.4 is 9.59 Å². The van der Waals surface area contributed by atoms with Crippen molar-refractivity contribution in [3.8, 4) is 0 Å². The van der Waals surface area contributed by atoms with Gasteiger partial charge in [-0.15, -0.1) is 0 Å². The molecule has 10 rings (SSSR count). The Bertz CT molecular complexity index is 1360. The van der Waals surface area contributed by atoms with Crippen molar-refractivity contribution in [3.63, 3.8) is 0 Å². The second kappa shape index (κ2) is 24.2. The van der Waals surface area contributed by atoms with Crippen LogP contribution in [0.5, 0.6) is 0 Å². The molecular formula is C42H78Cl3MgO12Si7Ti. The van der Waals surface area contributed by atoms with E-state index >= 15 is 9.59 Å². The fourth-order valence-electron chi connectivity index (χ4n) is 13.8. The van der Waals surface area contributed by atoms with Crippen molar-refractivity contribution < 1.29 is 66.1 Å². The van der Waals surface area contributed by atoms with Crippen LogP contribution in [0, 0.1) is 0 Å². The Hall–Kier alpha value is 3.39. The molecule has 0 radical (unpaired) electrons. The van der Waals surface area contributed by atoms with Crippen LogP contribution >= 0.6 is 27.9 Å². The van der Waals surface area contributed by atoms with E-state index in [1.807, 2.05) is 0 Å². The minimum Gasteiger partial charge on any atom is -0.817 e. The summed E-state index contributed by atoms with van der Waals surface area (Å²) in [4.78, 5) is 47.8. The molecule has 3 saturated heterocycles. The summed E-state index contributed by atoms with van der Waals surface area (Å²) in [7, 11) is -15.9. The van der Waals surface area contributed by atoms with Gasteiger partial charge in [0, 0.05) is 27.7 Å². The van der Waals surface area contributed by atoms with Gasteiger partial charge in [0.05, 0.1) is 0 Å². The van der Waals surface area contributed by atoms with Crippen LogP contribution in [0.4, 0.5) is 0 Å². The Balaban J connectivity index is 0.00000114. The molecule has 12 nitrogen and oxygen atoms in total. The summed E-state index contributed by atoms with van der Waals surface area (Å²) in [5, 5.41) is 0. The zero-order chi connectivity index (χ0) is 45.2. The first-order chi connectivity index (χ1) is 31.3. The van der Waals surface area contributed by atoms with Gasteiger partial charge in [-0.25, -0.2) is 0 Å². The predicted octanol–water partition coefficient (Wildman–Crippen LogP) is 11.5. The van der Waals surface area contributed by atoms with Crippen LogP contribution in [0.25, 0.3) is 0 Å². The maximum absolute atomic E-state index is 16.9. The SMILES string of the molecule is [Cl][Ti]([Cl])[Cl].[Mg+2].[O-][Si]1(C2CCCCC2)O[Si]2(C3CCCCC3)O[Si]([O-])(C3CCCCC3)O[Si]3(C4CCCCC4)O[Si](O)(C4CCCCC4)O[Si](C4CCCCC4)(O1)O[Si](C1CCCCC1)(O2)O3.